The molecule has 0 aliphatic rings. The van der Waals surface area contributed by atoms with E-state index >= 15 is 0 Å². The van der Waals surface area contributed by atoms with E-state index in [0.29, 0.717) is 19.7 Å². The second-order valence-corrected chi connectivity index (χ2v) is 4.63. The number of methoxy groups -OCH3 is 1. The third kappa shape index (κ3) is 7.78. The molecular weight excluding hydrogens is 292 g/mol. The molecule has 21 heavy (non-hydrogen) atoms. The molecule has 1 atom stereocenters. The zero-order valence-electron chi connectivity index (χ0n) is 12.8. The molecule has 5 nitrogen and oxygen atoms in total. The van der Waals surface area contributed by atoms with Crippen LogP contribution in [0.2, 0.25) is 0 Å². The fourth-order valence-corrected chi connectivity index (χ4v) is 1.72. The molecule has 2 N–H and O–H groups in total. The Morgan fingerprint density at radius 1 is 1.24 bits per heavy atom. The fourth-order valence-electron chi connectivity index (χ4n) is 1.72. The predicted octanol–water partition coefficient (Wildman–Crippen LogP) is 1.86. The Morgan fingerprint density at radius 2 is 1.86 bits per heavy atom. The van der Waals surface area contributed by atoms with Crippen molar-refractivity contribution in [2.75, 3.05) is 33.9 Å². The van der Waals surface area contributed by atoms with Crippen molar-refractivity contribution in [1.82, 2.24) is 10.6 Å². The number of nitrogens with one attached hydrogen (secondary N) is 2. The maximum atomic E-state index is 11.6. The molecule has 1 aromatic rings. The van der Waals surface area contributed by atoms with Gasteiger partial charge < -0.3 is 20.1 Å². The lowest BCUT2D eigenvalue weighted by molar-refractivity contribution is -0.124. The summed E-state index contributed by atoms with van der Waals surface area (Å²) in [6.07, 6.45) is 0.782. The minimum absolute atomic E-state index is 0. The quantitative estimate of drug-likeness (QED) is 0.683. The SMILES string of the molecule is CNCC(C)C(=O)NCCCOc1ccc(OC)cc1.Cl. The Labute approximate surface area is 132 Å². The van der Waals surface area contributed by atoms with Crippen LogP contribution < -0.4 is 20.1 Å². The molecule has 1 amide bonds. The van der Waals surface area contributed by atoms with Gasteiger partial charge in [0.2, 0.25) is 5.91 Å². The molecule has 0 saturated carbocycles. The molecule has 0 radical (unpaired) electrons. The van der Waals surface area contributed by atoms with E-state index in [2.05, 4.69) is 10.6 Å². The highest BCUT2D eigenvalue weighted by molar-refractivity contribution is 5.85. The molecule has 1 rings (SSSR count). The lowest BCUT2D eigenvalue weighted by Gasteiger charge is -2.12. The van der Waals surface area contributed by atoms with Crippen molar-refractivity contribution in [2.24, 2.45) is 5.92 Å². The third-order valence-electron chi connectivity index (χ3n) is 2.91. The van der Waals surface area contributed by atoms with Crippen LogP contribution >= 0.6 is 12.4 Å². The topological polar surface area (TPSA) is 59.6 Å². The molecule has 0 heterocycles. The van der Waals surface area contributed by atoms with E-state index in [-0.39, 0.29) is 24.2 Å². The van der Waals surface area contributed by atoms with Crippen LogP contribution in [0.15, 0.2) is 24.3 Å². The van der Waals surface area contributed by atoms with E-state index in [1.807, 2.05) is 38.2 Å². The summed E-state index contributed by atoms with van der Waals surface area (Å²) in [7, 11) is 3.47. The van der Waals surface area contributed by atoms with Crippen molar-refractivity contribution < 1.29 is 14.3 Å². The first-order chi connectivity index (χ1) is 9.67. The van der Waals surface area contributed by atoms with Gasteiger partial charge in [0.05, 0.1) is 13.7 Å². The highest BCUT2D eigenvalue weighted by Crippen LogP contribution is 2.16. The van der Waals surface area contributed by atoms with Crippen molar-refractivity contribution in [2.45, 2.75) is 13.3 Å². The van der Waals surface area contributed by atoms with Gasteiger partial charge in [0.25, 0.3) is 0 Å². The lowest BCUT2D eigenvalue weighted by Crippen LogP contribution is -2.35. The van der Waals surface area contributed by atoms with Gasteiger partial charge >= 0.3 is 0 Å². The molecule has 0 spiro atoms. The summed E-state index contributed by atoms with van der Waals surface area (Å²) >= 11 is 0. The highest BCUT2D eigenvalue weighted by Gasteiger charge is 2.10. The van der Waals surface area contributed by atoms with E-state index in [1.165, 1.54) is 0 Å². The molecule has 0 bridgehead atoms. The van der Waals surface area contributed by atoms with Gasteiger partial charge in [0.1, 0.15) is 11.5 Å². The molecule has 6 heteroatoms. The number of rotatable bonds is 9. The summed E-state index contributed by atoms with van der Waals surface area (Å²) in [6.45, 7) is 3.80. The molecule has 1 aromatic carbocycles. The average Bonchev–Trinajstić information content (AvgIpc) is 2.47. The van der Waals surface area contributed by atoms with Crippen LogP contribution in [0, 0.1) is 5.92 Å². The second kappa shape index (κ2) is 11.2. The summed E-state index contributed by atoms with van der Waals surface area (Å²) in [6, 6.07) is 7.45. The largest absolute Gasteiger partial charge is 0.497 e. The smallest absolute Gasteiger partial charge is 0.224 e. The number of carbonyl (C=O) groups excluding carboxylic acids is 1. The first-order valence-corrected chi connectivity index (χ1v) is 6.86. The van der Waals surface area contributed by atoms with E-state index in [0.717, 1.165) is 17.9 Å². The van der Waals surface area contributed by atoms with Gasteiger partial charge in [-0.1, -0.05) is 6.92 Å². The number of carbonyl (C=O) groups is 1. The first kappa shape index (κ1) is 19.5. The van der Waals surface area contributed by atoms with Gasteiger partial charge in [0, 0.05) is 19.0 Å². The van der Waals surface area contributed by atoms with Crippen molar-refractivity contribution in [3.05, 3.63) is 24.3 Å². The summed E-state index contributed by atoms with van der Waals surface area (Å²) in [5, 5.41) is 5.88. The predicted molar refractivity (Wildman–Crippen MR) is 86.5 cm³/mol. The lowest BCUT2D eigenvalue weighted by atomic mass is 10.1. The Bertz CT molecular complexity index is 398. The van der Waals surface area contributed by atoms with Crippen LogP contribution in [-0.4, -0.2) is 39.8 Å². The van der Waals surface area contributed by atoms with Crippen molar-refractivity contribution in [1.29, 1.82) is 0 Å². The van der Waals surface area contributed by atoms with Crippen molar-refractivity contribution in [3.63, 3.8) is 0 Å². The molecule has 0 fully saturated rings. The zero-order valence-corrected chi connectivity index (χ0v) is 13.7. The van der Waals surface area contributed by atoms with Gasteiger partial charge in [-0.25, -0.2) is 0 Å². The van der Waals surface area contributed by atoms with Crippen LogP contribution in [0.1, 0.15) is 13.3 Å². The number of hydrogen-bond donors (Lipinski definition) is 2. The number of halogens is 1. The summed E-state index contributed by atoms with van der Waals surface area (Å²) in [5.74, 6) is 1.68. The maximum absolute atomic E-state index is 11.6. The van der Waals surface area contributed by atoms with Crippen LogP contribution in [0.5, 0.6) is 11.5 Å². The van der Waals surface area contributed by atoms with E-state index < -0.39 is 0 Å². The first-order valence-electron chi connectivity index (χ1n) is 6.86. The van der Waals surface area contributed by atoms with E-state index in [1.54, 1.807) is 7.11 Å². The number of benzene rings is 1. The summed E-state index contributed by atoms with van der Waals surface area (Å²) in [5.41, 5.74) is 0. The van der Waals surface area contributed by atoms with Gasteiger partial charge in [-0.2, -0.15) is 0 Å². The monoisotopic (exact) mass is 316 g/mol. The molecule has 0 aliphatic heterocycles. The zero-order chi connectivity index (χ0) is 14.8. The highest BCUT2D eigenvalue weighted by atomic mass is 35.5. The standard InChI is InChI=1S/C15H24N2O3.ClH/c1-12(11-16-2)15(18)17-9-4-10-20-14-7-5-13(19-3)6-8-14;/h5-8,12,16H,4,9-11H2,1-3H3,(H,17,18);1H. The molecule has 120 valence electrons. The van der Waals surface area contributed by atoms with Crippen molar-refractivity contribution >= 4 is 18.3 Å². The van der Waals surface area contributed by atoms with Gasteiger partial charge in [-0.05, 0) is 37.7 Å². The second-order valence-electron chi connectivity index (χ2n) is 4.63. The van der Waals surface area contributed by atoms with Gasteiger partial charge in [-0.3, -0.25) is 4.79 Å². The average molecular weight is 317 g/mol. The summed E-state index contributed by atoms with van der Waals surface area (Å²) in [4.78, 5) is 11.6. The Balaban J connectivity index is 0.00000400. The minimum Gasteiger partial charge on any atom is -0.497 e. The van der Waals surface area contributed by atoms with Gasteiger partial charge in [-0.15, -0.1) is 12.4 Å². The molecule has 0 saturated heterocycles. The van der Waals surface area contributed by atoms with Crippen LogP contribution in [0.25, 0.3) is 0 Å². The number of hydrogen-bond acceptors (Lipinski definition) is 4. The van der Waals surface area contributed by atoms with E-state index in [4.69, 9.17) is 9.47 Å². The van der Waals surface area contributed by atoms with E-state index in [9.17, 15) is 4.79 Å². The molecule has 0 aliphatic carbocycles. The Hall–Kier alpha value is -1.46. The molecule has 0 aromatic heterocycles. The normalized spacial score (nSPS) is 11.2. The number of amides is 1. The maximum Gasteiger partial charge on any atom is 0.224 e. The summed E-state index contributed by atoms with van der Waals surface area (Å²) < 4.78 is 10.6. The van der Waals surface area contributed by atoms with Crippen LogP contribution in [-0.2, 0) is 4.79 Å². The molecular formula is C15H25ClN2O3. The molecule has 1 unspecified atom stereocenters. The van der Waals surface area contributed by atoms with Crippen LogP contribution in [0.3, 0.4) is 0 Å². The van der Waals surface area contributed by atoms with Crippen molar-refractivity contribution in [3.8, 4) is 11.5 Å². The third-order valence-corrected chi connectivity index (χ3v) is 2.91. The number of ether oxygens (including phenoxy) is 2. The minimum atomic E-state index is -0.0116. The van der Waals surface area contributed by atoms with Gasteiger partial charge in [0.15, 0.2) is 0 Å². The Morgan fingerprint density at radius 3 is 2.43 bits per heavy atom. The fraction of sp³-hybridized carbons (Fsp3) is 0.533. The van der Waals surface area contributed by atoms with Crippen LogP contribution in [0.4, 0.5) is 0 Å². The Kier molecular flexibility index (Phi) is 10.4.